The van der Waals surface area contributed by atoms with Gasteiger partial charge in [0.15, 0.2) is 0 Å². The monoisotopic (exact) mass is 197 g/mol. The van der Waals surface area contributed by atoms with E-state index in [-0.39, 0.29) is 11.7 Å². The van der Waals surface area contributed by atoms with Crippen molar-refractivity contribution in [2.75, 3.05) is 6.54 Å². The zero-order valence-corrected chi connectivity index (χ0v) is 9.01. The molecule has 1 N–H and O–H groups in total. The van der Waals surface area contributed by atoms with Crippen molar-refractivity contribution in [3.8, 4) is 0 Å². The molecule has 0 aromatic heterocycles. The summed E-state index contributed by atoms with van der Waals surface area (Å²) in [6, 6.07) is 0. The highest BCUT2D eigenvalue weighted by atomic mass is 16.6. The smallest absolute Gasteiger partial charge is 0.407 e. The molecule has 80 valence electrons. The van der Waals surface area contributed by atoms with Crippen LogP contribution in [-0.4, -0.2) is 18.2 Å². The van der Waals surface area contributed by atoms with Gasteiger partial charge in [0.2, 0.25) is 0 Å². The van der Waals surface area contributed by atoms with Crippen LogP contribution in [0.3, 0.4) is 0 Å². The van der Waals surface area contributed by atoms with Crippen LogP contribution in [-0.2, 0) is 4.74 Å². The van der Waals surface area contributed by atoms with Crippen LogP contribution in [0.25, 0.3) is 0 Å². The Hall–Kier alpha value is -0.730. The van der Waals surface area contributed by atoms with Crippen molar-refractivity contribution in [1.29, 1.82) is 0 Å². The number of hydrogen-bond acceptors (Lipinski definition) is 2. The molecule has 1 saturated carbocycles. The fourth-order valence-corrected chi connectivity index (χ4v) is 2.61. The summed E-state index contributed by atoms with van der Waals surface area (Å²) in [5, 5.41) is 2.76. The normalized spacial score (nSPS) is 37.4. The fourth-order valence-electron chi connectivity index (χ4n) is 2.61. The van der Waals surface area contributed by atoms with Crippen LogP contribution in [0, 0.1) is 11.8 Å². The number of rotatable bonds is 1. The Balaban J connectivity index is 1.92. The first-order valence-electron chi connectivity index (χ1n) is 5.58. The van der Waals surface area contributed by atoms with Gasteiger partial charge in [-0.2, -0.15) is 0 Å². The van der Waals surface area contributed by atoms with Crippen molar-refractivity contribution >= 4 is 6.09 Å². The summed E-state index contributed by atoms with van der Waals surface area (Å²) in [5.74, 6) is 1.58. The maximum Gasteiger partial charge on any atom is 0.407 e. The summed E-state index contributed by atoms with van der Waals surface area (Å²) in [6.07, 6.45) is 4.25. The zero-order chi connectivity index (χ0) is 10.2. The molecule has 0 aromatic carbocycles. The third-order valence-corrected chi connectivity index (χ3v) is 3.75. The molecule has 0 radical (unpaired) electrons. The second-order valence-electron chi connectivity index (χ2n) is 5.01. The molecule has 1 aliphatic heterocycles. The quantitative estimate of drug-likeness (QED) is 0.700. The lowest BCUT2D eigenvalue weighted by Gasteiger charge is -2.36. The molecule has 0 atom stereocenters. The van der Waals surface area contributed by atoms with E-state index in [2.05, 4.69) is 19.2 Å². The minimum absolute atomic E-state index is 0.150. The summed E-state index contributed by atoms with van der Waals surface area (Å²) >= 11 is 0. The van der Waals surface area contributed by atoms with Gasteiger partial charge in [0, 0.05) is 0 Å². The molecule has 3 heteroatoms. The molecule has 1 saturated heterocycles. The van der Waals surface area contributed by atoms with Gasteiger partial charge in [-0.25, -0.2) is 4.79 Å². The molecule has 2 fully saturated rings. The largest absolute Gasteiger partial charge is 0.441 e. The second kappa shape index (κ2) is 3.44. The van der Waals surface area contributed by atoms with E-state index in [0.29, 0.717) is 0 Å². The third kappa shape index (κ3) is 1.72. The molecular formula is C11H19NO2. The standard InChI is InChI=1S/C11H19NO2/c1-8(2)9-3-5-11(6-4-9)7-12-10(13)14-11/h8-9H,3-7H2,1-2H3,(H,12,13). The first-order chi connectivity index (χ1) is 6.61. The summed E-state index contributed by atoms with van der Waals surface area (Å²) in [5.41, 5.74) is -0.150. The van der Waals surface area contributed by atoms with E-state index in [1.54, 1.807) is 0 Å². The lowest BCUT2D eigenvalue weighted by atomic mass is 9.75. The lowest BCUT2D eigenvalue weighted by Crippen LogP contribution is -2.38. The van der Waals surface area contributed by atoms with Gasteiger partial charge in [0.05, 0.1) is 6.54 Å². The van der Waals surface area contributed by atoms with Crippen molar-refractivity contribution in [3.05, 3.63) is 0 Å². The van der Waals surface area contributed by atoms with E-state index in [4.69, 9.17) is 4.74 Å². The molecule has 0 aromatic rings. The molecule has 1 spiro atoms. The Kier molecular flexibility index (Phi) is 2.41. The van der Waals surface area contributed by atoms with E-state index in [1.165, 1.54) is 12.8 Å². The summed E-state index contributed by atoms with van der Waals surface area (Å²) < 4.78 is 5.37. The van der Waals surface area contributed by atoms with Gasteiger partial charge in [-0.3, -0.25) is 0 Å². The van der Waals surface area contributed by atoms with Gasteiger partial charge in [-0.15, -0.1) is 0 Å². The predicted molar refractivity (Wildman–Crippen MR) is 54.0 cm³/mol. The van der Waals surface area contributed by atoms with Crippen LogP contribution in [0.2, 0.25) is 0 Å². The molecule has 1 heterocycles. The molecule has 14 heavy (non-hydrogen) atoms. The van der Waals surface area contributed by atoms with Crippen LogP contribution in [0.1, 0.15) is 39.5 Å². The molecule has 2 aliphatic rings. The van der Waals surface area contributed by atoms with Crippen molar-refractivity contribution in [3.63, 3.8) is 0 Å². The highest BCUT2D eigenvalue weighted by Crippen LogP contribution is 2.39. The average Bonchev–Trinajstić information content (AvgIpc) is 2.48. The van der Waals surface area contributed by atoms with Crippen molar-refractivity contribution < 1.29 is 9.53 Å². The van der Waals surface area contributed by atoms with Crippen LogP contribution >= 0.6 is 0 Å². The molecule has 2 rings (SSSR count). The molecular weight excluding hydrogens is 178 g/mol. The summed E-state index contributed by atoms with van der Waals surface area (Å²) in [7, 11) is 0. The summed E-state index contributed by atoms with van der Waals surface area (Å²) in [6.45, 7) is 5.28. The topological polar surface area (TPSA) is 38.3 Å². The number of carbonyl (C=O) groups excluding carboxylic acids is 1. The van der Waals surface area contributed by atoms with Gasteiger partial charge in [0.25, 0.3) is 0 Å². The maximum atomic E-state index is 11.0. The van der Waals surface area contributed by atoms with Crippen LogP contribution in [0.4, 0.5) is 4.79 Å². The Morgan fingerprint density at radius 1 is 1.43 bits per heavy atom. The number of amides is 1. The summed E-state index contributed by atoms with van der Waals surface area (Å²) in [4.78, 5) is 11.0. The van der Waals surface area contributed by atoms with Gasteiger partial charge < -0.3 is 10.1 Å². The molecule has 0 unspecified atom stereocenters. The van der Waals surface area contributed by atoms with E-state index < -0.39 is 0 Å². The van der Waals surface area contributed by atoms with Gasteiger partial charge in [-0.05, 0) is 37.5 Å². The molecule has 1 aliphatic carbocycles. The minimum atomic E-state index is -0.229. The van der Waals surface area contributed by atoms with Gasteiger partial charge in [0.1, 0.15) is 5.60 Å². The Morgan fingerprint density at radius 3 is 2.50 bits per heavy atom. The maximum absolute atomic E-state index is 11.0. The fraction of sp³-hybridized carbons (Fsp3) is 0.909. The minimum Gasteiger partial charge on any atom is -0.441 e. The number of carbonyl (C=O) groups is 1. The number of alkyl carbamates (subject to hydrolysis) is 1. The number of nitrogens with one attached hydrogen (secondary N) is 1. The SMILES string of the molecule is CC(C)C1CCC2(CC1)CNC(=O)O2. The van der Waals surface area contributed by atoms with Crippen LogP contribution in [0.15, 0.2) is 0 Å². The Bertz CT molecular complexity index is 229. The van der Waals surface area contributed by atoms with Gasteiger partial charge in [-0.1, -0.05) is 13.8 Å². The van der Waals surface area contributed by atoms with Crippen molar-refractivity contribution in [1.82, 2.24) is 5.32 Å². The van der Waals surface area contributed by atoms with Gasteiger partial charge >= 0.3 is 6.09 Å². The predicted octanol–water partition coefficient (Wildman–Crippen LogP) is 2.31. The highest BCUT2D eigenvalue weighted by Gasteiger charge is 2.43. The third-order valence-electron chi connectivity index (χ3n) is 3.75. The van der Waals surface area contributed by atoms with E-state index in [0.717, 1.165) is 31.2 Å². The zero-order valence-electron chi connectivity index (χ0n) is 9.01. The highest BCUT2D eigenvalue weighted by molar-refractivity contribution is 5.70. The average molecular weight is 197 g/mol. The number of ether oxygens (including phenoxy) is 1. The molecule has 3 nitrogen and oxygen atoms in total. The first-order valence-corrected chi connectivity index (χ1v) is 5.58. The first kappa shape index (κ1) is 9.81. The molecule has 1 amide bonds. The van der Waals surface area contributed by atoms with Crippen molar-refractivity contribution in [2.24, 2.45) is 11.8 Å². The lowest BCUT2D eigenvalue weighted by molar-refractivity contribution is 0.00737. The van der Waals surface area contributed by atoms with Crippen molar-refractivity contribution in [2.45, 2.75) is 45.1 Å². The Labute approximate surface area is 85.2 Å². The number of hydrogen-bond donors (Lipinski definition) is 1. The van der Waals surface area contributed by atoms with Crippen LogP contribution in [0.5, 0.6) is 0 Å². The van der Waals surface area contributed by atoms with E-state index in [9.17, 15) is 4.79 Å². The second-order valence-corrected chi connectivity index (χ2v) is 5.01. The molecule has 0 bridgehead atoms. The Morgan fingerprint density at radius 2 is 2.07 bits per heavy atom. The van der Waals surface area contributed by atoms with E-state index >= 15 is 0 Å². The van der Waals surface area contributed by atoms with Crippen LogP contribution < -0.4 is 5.32 Å². The van der Waals surface area contributed by atoms with E-state index in [1.807, 2.05) is 0 Å².